The van der Waals surface area contributed by atoms with Crippen LogP contribution in [0.25, 0.3) is 0 Å². The van der Waals surface area contributed by atoms with Gasteiger partial charge in [0, 0.05) is 11.6 Å². The van der Waals surface area contributed by atoms with E-state index in [9.17, 15) is 14.4 Å². The average molecular weight is 307 g/mol. The summed E-state index contributed by atoms with van der Waals surface area (Å²) in [5, 5.41) is 14.7. The first-order valence-electron chi connectivity index (χ1n) is 6.47. The lowest BCUT2D eigenvalue weighted by Gasteiger charge is -2.07. The van der Waals surface area contributed by atoms with E-state index < -0.39 is 24.4 Å². The second-order valence-corrected chi connectivity index (χ2v) is 4.55. The Morgan fingerprint density at radius 2 is 1.95 bits per heavy atom. The van der Waals surface area contributed by atoms with Crippen LogP contribution in [0.5, 0.6) is 5.75 Å². The minimum atomic E-state index is -1.11. The van der Waals surface area contributed by atoms with Gasteiger partial charge in [0.05, 0.1) is 6.21 Å². The maximum atomic E-state index is 11.4. The second kappa shape index (κ2) is 8.40. The topological polar surface area (TPSA) is 117 Å². The van der Waals surface area contributed by atoms with Crippen molar-refractivity contribution in [3.63, 3.8) is 0 Å². The Morgan fingerprint density at radius 3 is 2.59 bits per heavy atom. The van der Waals surface area contributed by atoms with Crippen molar-refractivity contribution in [1.29, 1.82) is 0 Å². The molecule has 0 aliphatic heterocycles. The smallest absolute Gasteiger partial charge is 0.341 e. The third-order valence-electron chi connectivity index (χ3n) is 2.27. The molecule has 22 heavy (non-hydrogen) atoms. The predicted octanol–water partition coefficient (Wildman–Crippen LogP) is 0.125. The quantitative estimate of drug-likeness (QED) is 0.392. The van der Waals surface area contributed by atoms with Gasteiger partial charge in [-0.1, -0.05) is 12.1 Å². The van der Waals surface area contributed by atoms with E-state index in [4.69, 9.17) is 9.84 Å². The van der Waals surface area contributed by atoms with Crippen LogP contribution in [0.15, 0.2) is 29.4 Å². The molecule has 0 heterocycles. The highest BCUT2D eigenvalue weighted by Gasteiger charge is 2.13. The molecule has 1 aromatic carbocycles. The highest BCUT2D eigenvalue weighted by Crippen LogP contribution is 2.15. The van der Waals surface area contributed by atoms with Crippen LogP contribution in [0.3, 0.4) is 0 Å². The number of rotatable bonds is 6. The number of nitrogens with one attached hydrogen (secondary N) is 2. The zero-order valence-electron chi connectivity index (χ0n) is 12.2. The zero-order chi connectivity index (χ0) is 16.5. The molecule has 0 aromatic heterocycles. The Hall–Kier alpha value is -2.90. The Kier molecular flexibility index (Phi) is 6.55. The normalized spacial score (nSPS) is 10.5. The lowest BCUT2D eigenvalue weighted by atomic mass is 10.2. The molecule has 0 radical (unpaired) electrons. The monoisotopic (exact) mass is 307 g/mol. The van der Waals surface area contributed by atoms with Crippen molar-refractivity contribution in [3.05, 3.63) is 29.8 Å². The largest absolute Gasteiger partial charge is 0.481 e. The first-order valence-corrected chi connectivity index (χ1v) is 6.47. The van der Waals surface area contributed by atoms with Gasteiger partial charge in [0.1, 0.15) is 5.75 Å². The molecule has 8 heteroatoms. The molecule has 2 amide bonds. The number of ether oxygens (including phenoxy) is 1. The summed E-state index contributed by atoms with van der Waals surface area (Å²) in [6.07, 6.45) is 1.26. The van der Waals surface area contributed by atoms with Crippen LogP contribution < -0.4 is 15.5 Å². The number of hydrogen-bond donors (Lipinski definition) is 3. The molecule has 0 atom stereocenters. The van der Waals surface area contributed by atoms with Gasteiger partial charge in [0.15, 0.2) is 6.61 Å². The van der Waals surface area contributed by atoms with Crippen LogP contribution in [-0.2, 0) is 14.4 Å². The molecule has 8 nitrogen and oxygen atoms in total. The number of carbonyl (C=O) groups is 3. The second-order valence-electron chi connectivity index (χ2n) is 4.55. The molecule has 0 fully saturated rings. The van der Waals surface area contributed by atoms with Crippen molar-refractivity contribution in [3.8, 4) is 5.75 Å². The summed E-state index contributed by atoms with van der Waals surface area (Å²) in [4.78, 5) is 33.3. The van der Waals surface area contributed by atoms with Gasteiger partial charge in [-0.15, -0.1) is 0 Å². The maximum absolute atomic E-state index is 11.4. The fraction of sp³-hybridized carbons (Fsp3) is 0.286. The van der Waals surface area contributed by atoms with Crippen LogP contribution in [0.4, 0.5) is 0 Å². The Balaban J connectivity index is 2.64. The fourth-order valence-electron chi connectivity index (χ4n) is 1.40. The third kappa shape index (κ3) is 6.04. The summed E-state index contributed by atoms with van der Waals surface area (Å²) >= 11 is 0. The molecule has 0 spiro atoms. The number of hydrogen-bond acceptors (Lipinski definition) is 5. The molecule has 3 N–H and O–H groups in total. The number of hydrazone groups is 1. The lowest BCUT2D eigenvalue weighted by molar-refractivity contribution is -0.139. The number of amides is 2. The van der Waals surface area contributed by atoms with Crippen molar-refractivity contribution in [1.82, 2.24) is 10.7 Å². The lowest BCUT2D eigenvalue weighted by Crippen LogP contribution is -2.41. The van der Waals surface area contributed by atoms with Crippen molar-refractivity contribution in [2.75, 3.05) is 6.61 Å². The van der Waals surface area contributed by atoms with Gasteiger partial charge in [0.25, 0.3) is 0 Å². The van der Waals surface area contributed by atoms with Gasteiger partial charge < -0.3 is 15.2 Å². The van der Waals surface area contributed by atoms with Gasteiger partial charge in [-0.2, -0.15) is 5.10 Å². The summed E-state index contributed by atoms with van der Waals surface area (Å²) < 4.78 is 5.07. The van der Waals surface area contributed by atoms with Gasteiger partial charge in [-0.3, -0.25) is 9.59 Å². The van der Waals surface area contributed by atoms with Gasteiger partial charge >= 0.3 is 17.8 Å². The first kappa shape index (κ1) is 17.2. The summed E-state index contributed by atoms with van der Waals surface area (Å²) in [5.41, 5.74) is 2.54. The molecule has 0 unspecified atom stereocenters. The van der Waals surface area contributed by atoms with E-state index in [1.54, 1.807) is 38.1 Å². The van der Waals surface area contributed by atoms with E-state index in [1.807, 2.05) is 0 Å². The average Bonchev–Trinajstić information content (AvgIpc) is 2.45. The number of carboxylic acid groups (broad SMARTS) is 1. The third-order valence-corrected chi connectivity index (χ3v) is 2.27. The fourth-order valence-corrected chi connectivity index (χ4v) is 1.40. The van der Waals surface area contributed by atoms with Crippen molar-refractivity contribution >= 4 is 24.0 Å². The Labute approximate surface area is 127 Å². The first-order chi connectivity index (χ1) is 10.4. The number of aliphatic carboxylic acids is 1. The number of carbonyl (C=O) groups excluding carboxylic acids is 2. The van der Waals surface area contributed by atoms with Crippen LogP contribution in [0.1, 0.15) is 19.4 Å². The highest BCUT2D eigenvalue weighted by molar-refractivity contribution is 6.35. The Morgan fingerprint density at radius 1 is 1.27 bits per heavy atom. The number of para-hydroxylation sites is 1. The molecule has 1 rings (SSSR count). The minimum absolute atomic E-state index is 0.160. The van der Waals surface area contributed by atoms with Crippen LogP contribution in [0, 0.1) is 0 Å². The van der Waals surface area contributed by atoms with Crippen molar-refractivity contribution in [2.45, 2.75) is 19.9 Å². The summed E-state index contributed by atoms with van der Waals surface area (Å²) in [5.74, 6) is -2.49. The molecule has 0 aliphatic rings. The maximum Gasteiger partial charge on any atom is 0.341 e. The number of benzene rings is 1. The number of nitrogens with zero attached hydrogens (tertiary/aromatic N) is 1. The Bertz CT molecular complexity index is 584. The molecule has 0 saturated heterocycles. The van der Waals surface area contributed by atoms with E-state index in [-0.39, 0.29) is 6.04 Å². The molecule has 0 saturated carbocycles. The minimum Gasteiger partial charge on any atom is -0.481 e. The SMILES string of the molecule is CC(C)NC(=O)C(=O)N/N=C\c1ccccc1OCC(=O)O. The van der Waals surface area contributed by atoms with E-state index in [0.29, 0.717) is 11.3 Å². The zero-order valence-corrected chi connectivity index (χ0v) is 12.2. The number of carboxylic acids is 1. The molecule has 1 aromatic rings. The van der Waals surface area contributed by atoms with Crippen molar-refractivity contribution in [2.24, 2.45) is 5.10 Å². The van der Waals surface area contributed by atoms with E-state index in [0.717, 1.165) is 0 Å². The predicted molar refractivity (Wildman–Crippen MR) is 78.6 cm³/mol. The van der Waals surface area contributed by atoms with Gasteiger partial charge in [-0.25, -0.2) is 10.2 Å². The molecular formula is C14H17N3O5. The van der Waals surface area contributed by atoms with E-state index in [2.05, 4.69) is 15.8 Å². The van der Waals surface area contributed by atoms with Crippen LogP contribution >= 0.6 is 0 Å². The van der Waals surface area contributed by atoms with Gasteiger partial charge in [0.2, 0.25) is 0 Å². The van der Waals surface area contributed by atoms with Crippen molar-refractivity contribution < 1.29 is 24.2 Å². The van der Waals surface area contributed by atoms with E-state index >= 15 is 0 Å². The summed E-state index contributed by atoms with van der Waals surface area (Å²) in [7, 11) is 0. The van der Waals surface area contributed by atoms with Gasteiger partial charge in [-0.05, 0) is 26.0 Å². The molecule has 0 aliphatic carbocycles. The molecule has 0 bridgehead atoms. The standard InChI is InChI=1S/C14H17N3O5/c1-9(2)16-13(20)14(21)17-15-7-10-5-3-4-6-11(10)22-8-12(18)19/h3-7,9H,8H2,1-2H3,(H,16,20)(H,17,21)(H,18,19)/b15-7-. The molecular weight excluding hydrogens is 290 g/mol. The summed E-state index contributed by atoms with van der Waals surface area (Å²) in [6, 6.07) is 6.40. The summed E-state index contributed by atoms with van der Waals surface area (Å²) in [6.45, 7) is 2.96. The molecule has 118 valence electrons. The van der Waals surface area contributed by atoms with E-state index in [1.165, 1.54) is 6.21 Å². The van der Waals surface area contributed by atoms with Crippen LogP contribution in [0.2, 0.25) is 0 Å². The highest BCUT2D eigenvalue weighted by atomic mass is 16.5. The van der Waals surface area contributed by atoms with Crippen LogP contribution in [-0.4, -0.2) is 41.8 Å².